The van der Waals surface area contributed by atoms with Crippen molar-refractivity contribution in [3.63, 3.8) is 0 Å². The number of urea groups is 1. The van der Waals surface area contributed by atoms with Gasteiger partial charge in [-0.3, -0.25) is 0 Å². The highest BCUT2D eigenvalue weighted by atomic mass is 32.2. The lowest BCUT2D eigenvalue weighted by Crippen LogP contribution is -2.36. The molecule has 3 rings (SSSR count). The Bertz CT molecular complexity index is 715. The number of hydrogen-bond acceptors (Lipinski definition) is 4. The zero-order valence-corrected chi connectivity index (χ0v) is 14.9. The van der Waals surface area contributed by atoms with Crippen LogP contribution < -0.4 is 10.6 Å². The molecule has 2 heterocycles. The number of amides is 2. The largest absolute Gasteiger partial charge is 0.328 e. The van der Waals surface area contributed by atoms with Crippen molar-refractivity contribution in [1.82, 2.24) is 20.1 Å². The van der Waals surface area contributed by atoms with Crippen molar-refractivity contribution in [3.8, 4) is 0 Å². The zero-order valence-electron chi connectivity index (χ0n) is 14.1. The predicted molar refractivity (Wildman–Crippen MR) is 97.2 cm³/mol. The number of aromatic nitrogens is 3. The van der Waals surface area contributed by atoms with E-state index in [2.05, 4.69) is 33.7 Å². The highest BCUT2D eigenvalue weighted by Crippen LogP contribution is 2.23. The molecule has 0 spiro atoms. The number of fused-ring (bicyclic) bond motifs is 1. The Hall–Kier alpha value is -2.02. The number of nitrogens with one attached hydrogen (secondary N) is 2. The number of thioether (sulfide) groups is 1. The number of carbonyl (C=O) groups excluding carboxylic acids is 1. The predicted octanol–water partition coefficient (Wildman–Crippen LogP) is 3.50. The molecule has 128 valence electrons. The fraction of sp³-hybridized carbons (Fsp3) is 0.471. The lowest BCUT2D eigenvalue weighted by Gasteiger charge is -2.23. The van der Waals surface area contributed by atoms with Crippen LogP contribution in [-0.2, 0) is 12.3 Å². The molecule has 2 amide bonds. The van der Waals surface area contributed by atoms with Gasteiger partial charge in [0.15, 0.2) is 0 Å². The van der Waals surface area contributed by atoms with E-state index in [9.17, 15) is 4.79 Å². The smallest absolute Gasteiger partial charge is 0.319 e. The van der Waals surface area contributed by atoms with E-state index in [1.54, 1.807) is 0 Å². The summed E-state index contributed by atoms with van der Waals surface area (Å²) in [4.78, 5) is 16.8. The minimum Gasteiger partial charge on any atom is -0.328 e. The molecule has 24 heavy (non-hydrogen) atoms. The summed E-state index contributed by atoms with van der Waals surface area (Å²) in [6.45, 7) is 4.89. The van der Waals surface area contributed by atoms with E-state index in [4.69, 9.17) is 0 Å². The fourth-order valence-electron chi connectivity index (χ4n) is 2.89. The van der Waals surface area contributed by atoms with Gasteiger partial charge in [0.1, 0.15) is 11.6 Å². The van der Waals surface area contributed by atoms with Crippen LogP contribution in [0.4, 0.5) is 10.5 Å². The van der Waals surface area contributed by atoms with Crippen LogP contribution in [0.3, 0.4) is 0 Å². The van der Waals surface area contributed by atoms with Gasteiger partial charge in [0.2, 0.25) is 0 Å². The Morgan fingerprint density at radius 1 is 1.46 bits per heavy atom. The highest BCUT2D eigenvalue weighted by Gasteiger charge is 2.24. The van der Waals surface area contributed by atoms with Crippen molar-refractivity contribution in [1.29, 1.82) is 0 Å². The summed E-state index contributed by atoms with van der Waals surface area (Å²) in [7, 11) is 0. The zero-order chi connectivity index (χ0) is 16.9. The standard InChI is InChI=1S/C17H23N5OS/c1-3-24-11-13-6-4-7-14(10-13)19-17(23)20-15-8-5-9-22-16(15)18-12(2)21-22/h4,6-7,10,15H,3,5,8-9,11H2,1-2H3,(H2,19,20,23)/t15-/m1/s1. The Kier molecular flexibility index (Phi) is 5.40. The molecule has 7 heteroatoms. The lowest BCUT2D eigenvalue weighted by atomic mass is 10.1. The minimum absolute atomic E-state index is 0.0845. The van der Waals surface area contributed by atoms with Crippen molar-refractivity contribution >= 4 is 23.5 Å². The summed E-state index contributed by atoms with van der Waals surface area (Å²) in [6.07, 6.45) is 1.88. The number of anilines is 1. The highest BCUT2D eigenvalue weighted by molar-refractivity contribution is 7.98. The summed E-state index contributed by atoms with van der Waals surface area (Å²) < 4.78 is 1.90. The van der Waals surface area contributed by atoms with Gasteiger partial charge in [0.25, 0.3) is 0 Å². The third-order valence-electron chi connectivity index (χ3n) is 3.94. The first kappa shape index (κ1) is 16.8. The molecule has 0 radical (unpaired) electrons. The second kappa shape index (κ2) is 7.70. The minimum atomic E-state index is -0.200. The van der Waals surface area contributed by atoms with Gasteiger partial charge in [0, 0.05) is 18.0 Å². The van der Waals surface area contributed by atoms with Crippen LogP contribution >= 0.6 is 11.8 Å². The van der Waals surface area contributed by atoms with Gasteiger partial charge in [-0.05, 0) is 43.2 Å². The maximum Gasteiger partial charge on any atom is 0.319 e. The van der Waals surface area contributed by atoms with Crippen molar-refractivity contribution in [3.05, 3.63) is 41.5 Å². The molecule has 0 bridgehead atoms. The molecule has 1 aromatic heterocycles. The molecule has 0 saturated heterocycles. The van der Waals surface area contributed by atoms with Gasteiger partial charge in [-0.2, -0.15) is 16.9 Å². The summed E-state index contributed by atoms with van der Waals surface area (Å²) >= 11 is 1.87. The SMILES string of the molecule is CCSCc1cccc(NC(=O)N[C@@H]2CCCn3nc(C)nc32)c1. The second-order valence-corrected chi connectivity index (χ2v) is 7.15. The number of hydrogen-bond donors (Lipinski definition) is 2. The molecule has 0 saturated carbocycles. The molecular formula is C17H23N5OS. The fourth-order valence-corrected chi connectivity index (χ4v) is 3.51. The van der Waals surface area contributed by atoms with Crippen LogP contribution in [0.1, 0.15) is 43.0 Å². The molecule has 0 aliphatic carbocycles. The van der Waals surface area contributed by atoms with Crippen LogP contribution in [0, 0.1) is 6.92 Å². The molecule has 1 aliphatic rings. The molecule has 0 fully saturated rings. The Labute approximate surface area is 146 Å². The van der Waals surface area contributed by atoms with Crippen molar-refractivity contribution in [2.24, 2.45) is 0 Å². The maximum atomic E-state index is 12.3. The van der Waals surface area contributed by atoms with Crippen molar-refractivity contribution in [2.45, 2.75) is 45.0 Å². The quantitative estimate of drug-likeness (QED) is 0.870. The van der Waals surface area contributed by atoms with E-state index in [-0.39, 0.29) is 12.1 Å². The van der Waals surface area contributed by atoms with Gasteiger partial charge in [0.05, 0.1) is 6.04 Å². The third kappa shape index (κ3) is 4.08. The van der Waals surface area contributed by atoms with Gasteiger partial charge in [-0.1, -0.05) is 19.1 Å². The van der Waals surface area contributed by atoms with Gasteiger partial charge >= 0.3 is 6.03 Å². The monoisotopic (exact) mass is 345 g/mol. The first-order valence-electron chi connectivity index (χ1n) is 8.31. The topological polar surface area (TPSA) is 71.8 Å². The maximum absolute atomic E-state index is 12.3. The van der Waals surface area contributed by atoms with E-state index in [0.29, 0.717) is 0 Å². The van der Waals surface area contributed by atoms with E-state index >= 15 is 0 Å². The van der Waals surface area contributed by atoms with Crippen LogP contribution in [0.25, 0.3) is 0 Å². The average molecular weight is 345 g/mol. The van der Waals surface area contributed by atoms with Crippen LogP contribution in [0.15, 0.2) is 24.3 Å². The third-order valence-corrected chi connectivity index (χ3v) is 4.89. The molecular weight excluding hydrogens is 322 g/mol. The van der Waals surface area contributed by atoms with Crippen LogP contribution in [0.2, 0.25) is 0 Å². The summed E-state index contributed by atoms with van der Waals surface area (Å²) in [5.74, 6) is 3.64. The molecule has 0 unspecified atom stereocenters. The van der Waals surface area contributed by atoms with Gasteiger partial charge in [-0.25, -0.2) is 14.5 Å². The lowest BCUT2D eigenvalue weighted by molar-refractivity contribution is 0.244. The normalized spacial score (nSPS) is 16.5. The number of nitrogens with zero attached hydrogens (tertiary/aromatic N) is 3. The van der Waals surface area contributed by atoms with Crippen LogP contribution in [0.5, 0.6) is 0 Å². The summed E-state index contributed by atoms with van der Waals surface area (Å²) in [6, 6.07) is 7.70. The first-order valence-corrected chi connectivity index (χ1v) is 9.46. The second-order valence-electron chi connectivity index (χ2n) is 5.87. The Morgan fingerprint density at radius 3 is 3.17 bits per heavy atom. The Balaban J connectivity index is 1.62. The first-order chi connectivity index (χ1) is 11.7. The number of benzene rings is 1. The van der Waals surface area contributed by atoms with Crippen LogP contribution in [-0.4, -0.2) is 26.5 Å². The van der Waals surface area contributed by atoms with Gasteiger partial charge in [-0.15, -0.1) is 0 Å². The molecule has 2 aromatic rings. The molecule has 1 atom stereocenters. The molecule has 1 aromatic carbocycles. The summed E-state index contributed by atoms with van der Waals surface area (Å²) in [5, 5.41) is 10.3. The molecule has 6 nitrogen and oxygen atoms in total. The van der Waals surface area contributed by atoms with E-state index in [1.165, 1.54) is 5.56 Å². The Morgan fingerprint density at radius 2 is 2.33 bits per heavy atom. The number of aryl methyl sites for hydroxylation is 2. The molecule has 2 N–H and O–H groups in total. The van der Waals surface area contributed by atoms with E-state index in [1.807, 2.05) is 41.6 Å². The van der Waals surface area contributed by atoms with E-state index in [0.717, 1.165) is 48.2 Å². The number of carbonyl (C=O) groups is 1. The van der Waals surface area contributed by atoms with Crippen molar-refractivity contribution in [2.75, 3.05) is 11.1 Å². The van der Waals surface area contributed by atoms with Gasteiger partial charge < -0.3 is 10.6 Å². The van der Waals surface area contributed by atoms with E-state index < -0.39 is 0 Å². The van der Waals surface area contributed by atoms with Crippen molar-refractivity contribution < 1.29 is 4.79 Å². The molecule has 1 aliphatic heterocycles. The average Bonchev–Trinajstić information content (AvgIpc) is 2.94. The summed E-state index contributed by atoms with van der Waals surface area (Å²) in [5.41, 5.74) is 2.03. The number of rotatable bonds is 5.